The molecule has 5 nitrogen and oxygen atoms in total. The number of halogens is 1. The van der Waals surface area contributed by atoms with Gasteiger partial charge < -0.3 is 4.74 Å². The maximum absolute atomic E-state index is 13.3. The lowest BCUT2D eigenvalue weighted by Gasteiger charge is -2.10. The van der Waals surface area contributed by atoms with Gasteiger partial charge in [-0.25, -0.2) is 22.6 Å². The van der Waals surface area contributed by atoms with Crippen LogP contribution in [0.5, 0.6) is 0 Å². The average Bonchev–Trinajstić information content (AvgIpc) is 2.59. The normalized spacial score (nSPS) is 11.4. The SMILES string of the molecule is COC(=O)c1cc2ccccc2nc1S(=O)(=O)Cc1cccc(F)c1. The van der Waals surface area contributed by atoms with Crippen LogP contribution in [-0.2, 0) is 20.3 Å². The predicted molar refractivity (Wildman–Crippen MR) is 90.4 cm³/mol. The maximum atomic E-state index is 13.3. The number of benzene rings is 2. The first-order chi connectivity index (χ1) is 11.9. The molecular weight excluding hydrogens is 345 g/mol. The number of hydrogen-bond acceptors (Lipinski definition) is 5. The number of aromatic nitrogens is 1. The summed E-state index contributed by atoms with van der Waals surface area (Å²) in [6, 6.07) is 13.6. The van der Waals surface area contributed by atoms with Crippen molar-refractivity contribution in [3.8, 4) is 0 Å². The van der Waals surface area contributed by atoms with E-state index in [1.165, 1.54) is 31.4 Å². The van der Waals surface area contributed by atoms with Crippen molar-refractivity contribution in [3.05, 3.63) is 71.5 Å². The van der Waals surface area contributed by atoms with Gasteiger partial charge in [-0.1, -0.05) is 30.3 Å². The van der Waals surface area contributed by atoms with Crippen LogP contribution in [-0.4, -0.2) is 26.5 Å². The number of fused-ring (bicyclic) bond motifs is 1. The number of rotatable bonds is 4. The molecule has 0 aliphatic carbocycles. The zero-order chi connectivity index (χ0) is 18.0. The Labute approximate surface area is 144 Å². The van der Waals surface area contributed by atoms with Crippen molar-refractivity contribution in [1.82, 2.24) is 4.98 Å². The molecule has 0 N–H and O–H groups in total. The number of pyridine rings is 1. The van der Waals surface area contributed by atoms with E-state index in [4.69, 9.17) is 0 Å². The molecule has 0 fully saturated rings. The van der Waals surface area contributed by atoms with E-state index in [2.05, 4.69) is 9.72 Å². The zero-order valence-electron chi connectivity index (χ0n) is 13.3. The molecule has 1 aromatic heterocycles. The van der Waals surface area contributed by atoms with Gasteiger partial charge >= 0.3 is 5.97 Å². The van der Waals surface area contributed by atoms with Crippen molar-refractivity contribution in [3.63, 3.8) is 0 Å². The fourth-order valence-electron chi connectivity index (χ4n) is 2.51. The molecule has 2 aromatic carbocycles. The molecule has 128 valence electrons. The molecule has 0 amide bonds. The van der Waals surface area contributed by atoms with E-state index in [1.807, 2.05) is 0 Å². The number of methoxy groups -OCH3 is 1. The van der Waals surface area contributed by atoms with E-state index in [-0.39, 0.29) is 16.2 Å². The molecule has 25 heavy (non-hydrogen) atoms. The average molecular weight is 359 g/mol. The monoisotopic (exact) mass is 359 g/mol. The Morgan fingerprint density at radius 3 is 2.60 bits per heavy atom. The summed E-state index contributed by atoms with van der Waals surface area (Å²) in [5.74, 6) is -1.80. The number of para-hydroxylation sites is 1. The number of carbonyl (C=O) groups is 1. The van der Waals surface area contributed by atoms with Crippen molar-refractivity contribution in [1.29, 1.82) is 0 Å². The van der Waals surface area contributed by atoms with Crippen LogP contribution in [0, 0.1) is 5.82 Å². The number of ether oxygens (including phenoxy) is 1. The molecule has 0 saturated carbocycles. The Kier molecular flexibility index (Phi) is 4.50. The minimum absolute atomic E-state index is 0.141. The summed E-state index contributed by atoms with van der Waals surface area (Å²) in [5.41, 5.74) is 0.566. The molecule has 0 spiro atoms. The van der Waals surface area contributed by atoms with E-state index in [9.17, 15) is 17.6 Å². The topological polar surface area (TPSA) is 73.3 Å². The number of hydrogen-bond donors (Lipinski definition) is 0. The van der Waals surface area contributed by atoms with Crippen molar-refractivity contribution in [2.75, 3.05) is 7.11 Å². The largest absolute Gasteiger partial charge is 0.465 e. The second-order valence-corrected chi connectivity index (χ2v) is 7.32. The summed E-state index contributed by atoms with van der Waals surface area (Å²) in [7, 11) is -2.82. The summed E-state index contributed by atoms with van der Waals surface area (Å²) in [6.07, 6.45) is 0. The third-order valence-electron chi connectivity index (χ3n) is 3.63. The molecule has 0 bridgehead atoms. The third kappa shape index (κ3) is 3.51. The van der Waals surface area contributed by atoms with E-state index in [0.717, 1.165) is 6.07 Å². The molecule has 0 aliphatic heterocycles. The second kappa shape index (κ2) is 6.60. The van der Waals surface area contributed by atoms with Gasteiger partial charge in [0.15, 0.2) is 5.03 Å². The van der Waals surface area contributed by atoms with Crippen molar-refractivity contribution in [2.45, 2.75) is 10.8 Å². The van der Waals surface area contributed by atoms with Crippen LogP contribution in [0.2, 0.25) is 0 Å². The maximum Gasteiger partial charge on any atom is 0.340 e. The van der Waals surface area contributed by atoms with Gasteiger partial charge in [0.25, 0.3) is 0 Å². The van der Waals surface area contributed by atoms with Crippen LogP contribution in [0.4, 0.5) is 4.39 Å². The number of nitrogens with zero attached hydrogens (tertiary/aromatic N) is 1. The second-order valence-electron chi connectivity index (χ2n) is 5.41. The van der Waals surface area contributed by atoms with E-state index >= 15 is 0 Å². The Hall–Kier alpha value is -2.80. The Bertz CT molecular complexity index is 1060. The molecule has 0 atom stereocenters. The summed E-state index contributed by atoms with van der Waals surface area (Å²) in [4.78, 5) is 16.2. The Morgan fingerprint density at radius 1 is 1.12 bits per heavy atom. The van der Waals surface area contributed by atoms with Crippen LogP contribution in [0.1, 0.15) is 15.9 Å². The lowest BCUT2D eigenvalue weighted by atomic mass is 10.1. The van der Waals surface area contributed by atoms with Crippen molar-refractivity contribution < 1.29 is 22.3 Å². The molecular formula is C18H14FNO4S. The van der Waals surface area contributed by atoms with Gasteiger partial charge in [-0.05, 0) is 29.8 Å². The summed E-state index contributed by atoms with van der Waals surface area (Å²) in [5, 5.41) is 0.245. The number of carbonyl (C=O) groups excluding carboxylic acids is 1. The lowest BCUT2D eigenvalue weighted by Crippen LogP contribution is -2.15. The van der Waals surface area contributed by atoms with E-state index in [1.54, 1.807) is 24.3 Å². The van der Waals surface area contributed by atoms with Gasteiger partial charge in [-0.3, -0.25) is 0 Å². The molecule has 3 rings (SSSR count). The minimum Gasteiger partial charge on any atom is -0.465 e. The number of sulfone groups is 1. The van der Waals surface area contributed by atoms with Gasteiger partial charge in [0.2, 0.25) is 9.84 Å². The van der Waals surface area contributed by atoms with Gasteiger partial charge in [0, 0.05) is 5.39 Å². The molecule has 0 aliphatic rings. The minimum atomic E-state index is -3.99. The smallest absolute Gasteiger partial charge is 0.340 e. The molecule has 3 aromatic rings. The highest BCUT2D eigenvalue weighted by Gasteiger charge is 2.26. The zero-order valence-corrected chi connectivity index (χ0v) is 14.1. The quantitative estimate of drug-likeness (QED) is 0.669. The van der Waals surface area contributed by atoms with Crippen LogP contribution >= 0.6 is 0 Å². The highest BCUT2D eigenvalue weighted by Crippen LogP contribution is 2.24. The summed E-state index contributed by atoms with van der Waals surface area (Å²) in [6.45, 7) is 0. The lowest BCUT2D eigenvalue weighted by molar-refractivity contribution is 0.0595. The van der Waals surface area contributed by atoms with E-state index in [0.29, 0.717) is 10.9 Å². The fourth-order valence-corrected chi connectivity index (χ4v) is 3.98. The first-order valence-electron chi connectivity index (χ1n) is 7.36. The van der Waals surface area contributed by atoms with Gasteiger partial charge in [-0.15, -0.1) is 0 Å². The summed E-state index contributed by atoms with van der Waals surface area (Å²) < 4.78 is 43.6. The Balaban J connectivity index is 2.16. The first kappa shape index (κ1) is 17.0. The molecule has 1 heterocycles. The molecule has 7 heteroatoms. The van der Waals surface area contributed by atoms with Gasteiger partial charge in [-0.2, -0.15) is 0 Å². The molecule has 0 unspecified atom stereocenters. The predicted octanol–water partition coefficient (Wildman–Crippen LogP) is 3.13. The Morgan fingerprint density at radius 2 is 1.88 bits per heavy atom. The van der Waals surface area contributed by atoms with Crippen LogP contribution in [0.3, 0.4) is 0 Å². The first-order valence-corrected chi connectivity index (χ1v) is 9.01. The van der Waals surface area contributed by atoms with E-state index < -0.39 is 27.4 Å². The van der Waals surface area contributed by atoms with Crippen LogP contribution in [0.25, 0.3) is 10.9 Å². The molecule has 0 radical (unpaired) electrons. The highest BCUT2D eigenvalue weighted by molar-refractivity contribution is 7.90. The standard InChI is InChI=1S/C18H14FNO4S/c1-24-18(21)15-10-13-6-2-3-8-16(13)20-17(15)25(22,23)11-12-5-4-7-14(19)9-12/h2-10H,11H2,1H3. The van der Waals surface area contributed by atoms with Gasteiger partial charge in [0.05, 0.1) is 23.9 Å². The third-order valence-corrected chi connectivity index (χ3v) is 5.25. The fraction of sp³-hybridized carbons (Fsp3) is 0.111. The van der Waals surface area contributed by atoms with Crippen LogP contribution < -0.4 is 0 Å². The number of esters is 1. The highest BCUT2D eigenvalue weighted by atomic mass is 32.2. The van der Waals surface area contributed by atoms with Crippen LogP contribution in [0.15, 0.2) is 59.6 Å². The van der Waals surface area contributed by atoms with Crippen molar-refractivity contribution >= 4 is 26.7 Å². The molecule has 0 saturated heterocycles. The van der Waals surface area contributed by atoms with Crippen molar-refractivity contribution in [2.24, 2.45) is 0 Å². The summed E-state index contributed by atoms with van der Waals surface area (Å²) >= 11 is 0. The van der Waals surface area contributed by atoms with Gasteiger partial charge in [0.1, 0.15) is 5.82 Å².